The minimum Gasteiger partial charge on any atom is -0.465 e. The molecule has 10 heteroatoms. The van der Waals surface area contributed by atoms with Gasteiger partial charge >= 0.3 is 5.97 Å². The van der Waals surface area contributed by atoms with Crippen LogP contribution in [0.1, 0.15) is 28.4 Å². The molecular formula is C20H18ClN3O5S. The van der Waals surface area contributed by atoms with Gasteiger partial charge in [0.2, 0.25) is 0 Å². The number of aryl methyl sites for hydroxylation is 2. The number of nitrogens with zero attached hydrogens (tertiary/aromatic N) is 3. The average Bonchev–Trinajstić information content (AvgIpc) is 2.99. The first-order valence-corrected chi connectivity index (χ1v) is 10.2. The van der Waals surface area contributed by atoms with Crippen molar-refractivity contribution in [2.24, 2.45) is 4.99 Å². The molecular weight excluding hydrogens is 430 g/mol. The van der Waals surface area contributed by atoms with E-state index >= 15 is 0 Å². The number of nitro groups is 1. The number of esters is 1. The summed E-state index contributed by atoms with van der Waals surface area (Å²) in [6.07, 6.45) is 0. The zero-order valence-electron chi connectivity index (χ0n) is 16.5. The van der Waals surface area contributed by atoms with Crippen LogP contribution in [0.25, 0.3) is 10.2 Å². The Morgan fingerprint density at radius 2 is 2.00 bits per heavy atom. The number of ether oxygens (including phenoxy) is 1. The standard InChI is InChI=1S/C20H18ClN3O5S/c1-4-29-17(25)10-23-16-8-11(2)7-12(3)18(16)30-20(23)22-19(26)14-9-13(21)5-6-15(14)24(27)28/h5-9H,4,10H2,1-3H3. The van der Waals surface area contributed by atoms with E-state index in [2.05, 4.69) is 4.99 Å². The molecule has 1 amide bonds. The number of nitro benzene ring substituents is 1. The van der Waals surface area contributed by atoms with Crippen LogP contribution in [0.2, 0.25) is 5.02 Å². The normalized spacial score (nSPS) is 11.7. The molecule has 0 aliphatic carbocycles. The van der Waals surface area contributed by atoms with Crippen LogP contribution in [0.3, 0.4) is 0 Å². The first kappa shape index (κ1) is 21.7. The van der Waals surface area contributed by atoms with Gasteiger partial charge in [-0.05, 0) is 50.1 Å². The molecule has 0 spiro atoms. The Balaban J connectivity index is 2.22. The molecule has 0 saturated heterocycles. The number of amides is 1. The summed E-state index contributed by atoms with van der Waals surface area (Å²) in [5, 5.41) is 11.5. The molecule has 0 N–H and O–H groups in total. The van der Waals surface area contributed by atoms with Gasteiger partial charge in [-0.15, -0.1) is 0 Å². The lowest BCUT2D eigenvalue weighted by molar-refractivity contribution is -0.385. The van der Waals surface area contributed by atoms with Gasteiger partial charge in [0.15, 0.2) is 4.80 Å². The molecule has 0 aliphatic heterocycles. The largest absolute Gasteiger partial charge is 0.465 e. The second kappa shape index (κ2) is 8.76. The van der Waals surface area contributed by atoms with Gasteiger partial charge in [-0.2, -0.15) is 4.99 Å². The second-order valence-corrected chi connectivity index (χ2v) is 7.96. The molecule has 0 bridgehead atoms. The summed E-state index contributed by atoms with van der Waals surface area (Å²) < 4.78 is 7.49. The number of aromatic nitrogens is 1. The molecule has 156 valence electrons. The third-order valence-electron chi connectivity index (χ3n) is 4.29. The minimum absolute atomic E-state index is 0.138. The molecule has 0 radical (unpaired) electrons. The Hall–Kier alpha value is -3.04. The van der Waals surface area contributed by atoms with E-state index in [-0.39, 0.29) is 28.5 Å². The van der Waals surface area contributed by atoms with E-state index in [4.69, 9.17) is 16.3 Å². The fourth-order valence-electron chi connectivity index (χ4n) is 3.07. The molecule has 3 aromatic rings. The van der Waals surface area contributed by atoms with Gasteiger partial charge in [-0.25, -0.2) is 0 Å². The van der Waals surface area contributed by atoms with Crippen molar-refractivity contribution in [1.82, 2.24) is 4.57 Å². The number of carbonyl (C=O) groups excluding carboxylic acids is 2. The summed E-state index contributed by atoms with van der Waals surface area (Å²) >= 11 is 7.15. The predicted octanol–water partition coefficient (Wildman–Crippen LogP) is 4.19. The molecule has 8 nitrogen and oxygen atoms in total. The van der Waals surface area contributed by atoms with Gasteiger partial charge in [-0.1, -0.05) is 29.0 Å². The fraction of sp³-hybridized carbons (Fsp3) is 0.250. The van der Waals surface area contributed by atoms with Gasteiger partial charge in [0.05, 0.1) is 21.7 Å². The van der Waals surface area contributed by atoms with Crippen molar-refractivity contribution in [3.05, 3.63) is 67.0 Å². The number of benzene rings is 2. The molecule has 3 rings (SSSR count). The predicted molar refractivity (Wildman–Crippen MR) is 114 cm³/mol. The number of halogens is 1. The summed E-state index contributed by atoms with van der Waals surface area (Å²) in [5.41, 5.74) is 2.07. The number of hydrogen-bond donors (Lipinski definition) is 0. The summed E-state index contributed by atoms with van der Waals surface area (Å²) in [4.78, 5) is 40.0. The average molecular weight is 448 g/mol. The molecule has 2 aromatic carbocycles. The van der Waals surface area contributed by atoms with Gasteiger partial charge in [0.1, 0.15) is 12.1 Å². The first-order chi connectivity index (χ1) is 14.2. The van der Waals surface area contributed by atoms with Crippen LogP contribution in [0.5, 0.6) is 0 Å². The third-order valence-corrected chi connectivity index (χ3v) is 5.75. The quantitative estimate of drug-likeness (QED) is 0.331. The Bertz CT molecular complexity index is 1250. The lowest BCUT2D eigenvalue weighted by Gasteiger charge is -2.06. The lowest BCUT2D eigenvalue weighted by atomic mass is 10.1. The van der Waals surface area contributed by atoms with Crippen molar-refractivity contribution >= 4 is 50.7 Å². The lowest BCUT2D eigenvalue weighted by Crippen LogP contribution is -2.23. The van der Waals surface area contributed by atoms with E-state index < -0.39 is 22.5 Å². The van der Waals surface area contributed by atoms with Crippen LogP contribution in [-0.2, 0) is 16.1 Å². The van der Waals surface area contributed by atoms with Crippen molar-refractivity contribution in [3.63, 3.8) is 0 Å². The van der Waals surface area contributed by atoms with E-state index in [1.54, 1.807) is 11.5 Å². The summed E-state index contributed by atoms with van der Waals surface area (Å²) in [7, 11) is 0. The maximum Gasteiger partial charge on any atom is 0.326 e. The maximum atomic E-state index is 12.8. The third kappa shape index (κ3) is 4.42. The maximum absolute atomic E-state index is 12.8. The van der Waals surface area contributed by atoms with Gasteiger partial charge < -0.3 is 9.30 Å². The molecule has 0 aliphatic rings. The fourth-order valence-corrected chi connectivity index (χ4v) is 4.32. The monoisotopic (exact) mass is 447 g/mol. The summed E-state index contributed by atoms with van der Waals surface area (Å²) in [5.74, 6) is -1.29. The Labute approximate surface area is 180 Å². The minimum atomic E-state index is -0.817. The number of carbonyl (C=O) groups is 2. The highest BCUT2D eigenvalue weighted by molar-refractivity contribution is 7.16. The zero-order chi connectivity index (χ0) is 22.0. The van der Waals surface area contributed by atoms with Gasteiger partial charge in [0.25, 0.3) is 11.6 Å². The molecule has 1 aromatic heterocycles. The van der Waals surface area contributed by atoms with Crippen molar-refractivity contribution in [2.75, 3.05) is 6.61 Å². The molecule has 0 unspecified atom stereocenters. The Morgan fingerprint density at radius 3 is 2.67 bits per heavy atom. The summed E-state index contributed by atoms with van der Waals surface area (Å²) in [6, 6.07) is 7.59. The zero-order valence-corrected chi connectivity index (χ0v) is 18.0. The number of fused-ring (bicyclic) bond motifs is 1. The van der Waals surface area contributed by atoms with Gasteiger partial charge in [0, 0.05) is 11.1 Å². The number of hydrogen-bond acceptors (Lipinski definition) is 6. The van der Waals surface area contributed by atoms with Crippen LogP contribution in [0, 0.1) is 24.0 Å². The summed E-state index contributed by atoms with van der Waals surface area (Å²) in [6.45, 7) is 5.64. The van der Waals surface area contributed by atoms with E-state index in [9.17, 15) is 19.7 Å². The van der Waals surface area contributed by atoms with E-state index in [1.165, 1.54) is 23.5 Å². The van der Waals surface area contributed by atoms with Crippen LogP contribution >= 0.6 is 22.9 Å². The first-order valence-electron chi connectivity index (χ1n) is 9.00. The van der Waals surface area contributed by atoms with Gasteiger partial charge in [-0.3, -0.25) is 19.7 Å². The molecule has 1 heterocycles. The van der Waals surface area contributed by atoms with Crippen molar-refractivity contribution in [2.45, 2.75) is 27.3 Å². The van der Waals surface area contributed by atoms with Crippen molar-refractivity contribution in [1.29, 1.82) is 0 Å². The highest BCUT2D eigenvalue weighted by atomic mass is 35.5. The highest BCUT2D eigenvalue weighted by Gasteiger charge is 2.21. The molecule has 0 saturated carbocycles. The topological polar surface area (TPSA) is 104 Å². The Kier molecular flexibility index (Phi) is 6.33. The second-order valence-electron chi connectivity index (χ2n) is 6.54. The van der Waals surface area contributed by atoms with Crippen LogP contribution in [-0.4, -0.2) is 28.0 Å². The SMILES string of the molecule is CCOC(=O)Cn1c(=NC(=O)c2cc(Cl)ccc2[N+](=O)[O-])sc2c(C)cc(C)cc21. The van der Waals surface area contributed by atoms with Crippen LogP contribution in [0.15, 0.2) is 35.3 Å². The van der Waals surface area contributed by atoms with E-state index in [0.717, 1.165) is 27.4 Å². The van der Waals surface area contributed by atoms with Crippen molar-refractivity contribution < 1.29 is 19.2 Å². The van der Waals surface area contributed by atoms with Crippen molar-refractivity contribution in [3.8, 4) is 0 Å². The Morgan fingerprint density at radius 1 is 1.27 bits per heavy atom. The molecule has 30 heavy (non-hydrogen) atoms. The molecule has 0 fully saturated rings. The van der Waals surface area contributed by atoms with E-state index in [1.807, 2.05) is 26.0 Å². The molecule has 0 atom stereocenters. The number of rotatable bonds is 5. The van der Waals surface area contributed by atoms with E-state index in [0.29, 0.717) is 0 Å². The highest BCUT2D eigenvalue weighted by Crippen LogP contribution is 2.25. The van der Waals surface area contributed by atoms with Crippen LogP contribution in [0.4, 0.5) is 5.69 Å². The van der Waals surface area contributed by atoms with Crippen LogP contribution < -0.4 is 4.80 Å². The smallest absolute Gasteiger partial charge is 0.326 e. The number of thiazole rings is 1.